The Bertz CT molecular complexity index is 717. The maximum absolute atomic E-state index is 13.4. The van der Waals surface area contributed by atoms with E-state index in [4.69, 9.17) is 0 Å². The summed E-state index contributed by atoms with van der Waals surface area (Å²) in [4.78, 5) is 3.47. The Hall–Kier alpha value is -2.02. The summed E-state index contributed by atoms with van der Waals surface area (Å²) in [7, 11) is -4.18. The average molecular weight is 284 g/mol. The van der Waals surface area contributed by atoms with Crippen molar-refractivity contribution in [1.82, 2.24) is 4.98 Å². The number of aromatic nitrogens is 1. The number of anilines is 1. The zero-order chi connectivity index (χ0) is 14.0. The summed E-state index contributed by atoms with van der Waals surface area (Å²) in [5.74, 6) is -1.52. The second kappa shape index (κ2) is 4.93. The van der Waals surface area contributed by atoms with Gasteiger partial charge in [-0.05, 0) is 36.8 Å². The summed E-state index contributed by atoms with van der Waals surface area (Å²) >= 11 is 0. The third-order valence-electron chi connectivity index (χ3n) is 2.40. The van der Waals surface area contributed by atoms with Gasteiger partial charge in [0.15, 0.2) is 5.82 Å². The van der Waals surface area contributed by atoms with Crippen molar-refractivity contribution in [2.75, 3.05) is 4.72 Å². The Labute approximate surface area is 109 Å². The summed E-state index contributed by atoms with van der Waals surface area (Å²) < 4.78 is 52.5. The van der Waals surface area contributed by atoms with Crippen LogP contribution < -0.4 is 4.72 Å². The molecule has 0 amide bonds. The molecule has 19 heavy (non-hydrogen) atoms. The van der Waals surface area contributed by atoms with E-state index in [1.807, 2.05) is 0 Å². The Morgan fingerprint density at radius 2 is 1.89 bits per heavy atom. The molecule has 0 aliphatic carbocycles. The molecule has 1 N–H and O–H groups in total. The van der Waals surface area contributed by atoms with Crippen LogP contribution in [0.5, 0.6) is 0 Å². The first-order valence-electron chi connectivity index (χ1n) is 5.29. The van der Waals surface area contributed by atoms with Crippen LogP contribution in [-0.2, 0) is 10.0 Å². The molecule has 7 heteroatoms. The lowest BCUT2D eigenvalue weighted by Crippen LogP contribution is -2.16. The molecule has 0 saturated carbocycles. The fraction of sp³-hybridized carbons (Fsp3) is 0.0833. The predicted molar refractivity (Wildman–Crippen MR) is 66.1 cm³/mol. The van der Waals surface area contributed by atoms with Gasteiger partial charge in [0, 0.05) is 6.20 Å². The lowest BCUT2D eigenvalue weighted by Gasteiger charge is -2.08. The molecule has 1 heterocycles. The maximum atomic E-state index is 13.4. The Morgan fingerprint density at radius 1 is 1.16 bits per heavy atom. The fourth-order valence-electron chi connectivity index (χ4n) is 1.43. The Kier molecular flexibility index (Phi) is 3.48. The highest BCUT2D eigenvalue weighted by Gasteiger charge is 2.20. The second-order valence-corrected chi connectivity index (χ2v) is 5.46. The van der Waals surface area contributed by atoms with Crippen LogP contribution in [0.25, 0.3) is 0 Å². The quantitative estimate of drug-likeness (QED) is 0.942. The van der Waals surface area contributed by atoms with Crippen molar-refractivity contribution in [2.45, 2.75) is 11.9 Å². The van der Waals surface area contributed by atoms with Gasteiger partial charge < -0.3 is 0 Å². The van der Waals surface area contributed by atoms with Crippen molar-refractivity contribution in [1.29, 1.82) is 0 Å². The molecule has 0 saturated heterocycles. The summed E-state index contributed by atoms with van der Waals surface area (Å²) in [5.41, 5.74) is 0.389. The van der Waals surface area contributed by atoms with Gasteiger partial charge in [-0.25, -0.2) is 13.8 Å². The predicted octanol–water partition coefficient (Wildman–Crippen LogP) is 2.47. The topological polar surface area (TPSA) is 59.1 Å². The highest BCUT2D eigenvalue weighted by atomic mass is 32.2. The summed E-state index contributed by atoms with van der Waals surface area (Å²) in [5, 5.41) is -0.726. The maximum Gasteiger partial charge on any atom is 0.282 e. The molecule has 4 nitrogen and oxygen atoms in total. The van der Waals surface area contributed by atoms with E-state index >= 15 is 0 Å². The van der Waals surface area contributed by atoms with E-state index in [0.717, 1.165) is 18.3 Å². The lowest BCUT2D eigenvalue weighted by molar-refractivity contribution is 0.557. The second-order valence-electron chi connectivity index (χ2n) is 3.86. The van der Waals surface area contributed by atoms with Crippen LogP contribution in [0.15, 0.2) is 41.6 Å². The van der Waals surface area contributed by atoms with E-state index in [2.05, 4.69) is 9.71 Å². The third-order valence-corrected chi connectivity index (χ3v) is 3.72. The molecule has 0 fully saturated rings. The normalized spacial score (nSPS) is 11.3. The van der Waals surface area contributed by atoms with Crippen molar-refractivity contribution in [3.63, 3.8) is 0 Å². The standard InChI is InChI=1S/C12H10F2N2O2S/c1-8-4-5-9(7-11(8)14)16-19(17,18)12-10(13)3-2-6-15-12/h2-7,16H,1H3. The zero-order valence-electron chi connectivity index (χ0n) is 9.89. The first kappa shape index (κ1) is 13.4. The minimum atomic E-state index is -4.18. The SMILES string of the molecule is Cc1ccc(NS(=O)(=O)c2ncccc2F)cc1F. The number of benzene rings is 1. The summed E-state index contributed by atoms with van der Waals surface area (Å²) in [6.45, 7) is 1.55. The van der Waals surface area contributed by atoms with Crippen molar-refractivity contribution in [3.05, 3.63) is 53.7 Å². The summed E-state index contributed by atoms with van der Waals surface area (Å²) in [6.07, 6.45) is 1.16. The molecule has 0 radical (unpaired) electrons. The first-order valence-corrected chi connectivity index (χ1v) is 6.78. The molecule has 0 aliphatic rings. The van der Waals surface area contributed by atoms with Gasteiger partial charge in [0.2, 0.25) is 5.03 Å². The minimum Gasteiger partial charge on any atom is -0.278 e. The van der Waals surface area contributed by atoms with Crippen LogP contribution in [0.4, 0.5) is 14.5 Å². The number of aryl methyl sites for hydroxylation is 1. The number of hydrogen-bond donors (Lipinski definition) is 1. The van der Waals surface area contributed by atoms with Gasteiger partial charge in [0.25, 0.3) is 10.0 Å². The first-order chi connectivity index (χ1) is 8.90. The largest absolute Gasteiger partial charge is 0.282 e. The zero-order valence-corrected chi connectivity index (χ0v) is 10.7. The van der Waals surface area contributed by atoms with E-state index in [1.165, 1.54) is 18.2 Å². The Morgan fingerprint density at radius 3 is 2.53 bits per heavy atom. The number of pyridine rings is 1. The molecule has 0 atom stereocenters. The fourth-order valence-corrected chi connectivity index (χ4v) is 2.49. The van der Waals surface area contributed by atoms with Crippen LogP contribution in [0.3, 0.4) is 0 Å². The van der Waals surface area contributed by atoms with Crippen molar-refractivity contribution in [2.24, 2.45) is 0 Å². The van der Waals surface area contributed by atoms with Gasteiger partial charge >= 0.3 is 0 Å². The molecule has 0 unspecified atom stereocenters. The van der Waals surface area contributed by atoms with Gasteiger partial charge in [0.05, 0.1) is 5.69 Å². The highest BCUT2D eigenvalue weighted by molar-refractivity contribution is 7.92. The number of nitrogens with zero attached hydrogens (tertiary/aromatic N) is 1. The molecule has 0 bridgehead atoms. The third kappa shape index (κ3) is 2.87. The van der Waals surface area contributed by atoms with E-state index in [0.29, 0.717) is 5.56 Å². The number of sulfonamides is 1. The van der Waals surface area contributed by atoms with Crippen LogP contribution >= 0.6 is 0 Å². The van der Waals surface area contributed by atoms with Crippen LogP contribution in [0.2, 0.25) is 0 Å². The highest BCUT2D eigenvalue weighted by Crippen LogP contribution is 2.18. The van der Waals surface area contributed by atoms with Gasteiger partial charge in [-0.3, -0.25) is 4.72 Å². The molecular weight excluding hydrogens is 274 g/mol. The monoisotopic (exact) mass is 284 g/mol. The number of hydrogen-bond acceptors (Lipinski definition) is 3. The summed E-state index contributed by atoms with van der Waals surface area (Å²) in [6, 6.07) is 6.09. The molecule has 2 rings (SSSR count). The number of halogens is 2. The van der Waals surface area contributed by atoms with Gasteiger partial charge in [-0.2, -0.15) is 8.42 Å². The molecule has 0 spiro atoms. The van der Waals surface area contributed by atoms with Crippen LogP contribution in [0.1, 0.15) is 5.56 Å². The number of rotatable bonds is 3. The van der Waals surface area contributed by atoms with Crippen LogP contribution in [0, 0.1) is 18.6 Å². The van der Waals surface area contributed by atoms with Gasteiger partial charge in [-0.15, -0.1) is 0 Å². The van der Waals surface area contributed by atoms with Crippen molar-refractivity contribution in [3.8, 4) is 0 Å². The van der Waals surface area contributed by atoms with E-state index < -0.39 is 26.7 Å². The average Bonchev–Trinajstić information content (AvgIpc) is 2.34. The smallest absolute Gasteiger partial charge is 0.278 e. The molecular formula is C12H10F2N2O2S. The van der Waals surface area contributed by atoms with Gasteiger partial charge in [-0.1, -0.05) is 6.07 Å². The van der Waals surface area contributed by atoms with Gasteiger partial charge in [0.1, 0.15) is 5.82 Å². The van der Waals surface area contributed by atoms with Crippen molar-refractivity contribution < 1.29 is 17.2 Å². The molecule has 0 aliphatic heterocycles. The number of nitrogens with one attached hydrogen (secondary N) is 1. The van der Waals surface area contributed by atoms with E-state index in [9.17, 15) is 17.2 Å². The van der Waals surface area contributed by atoms with Crippen LogP contribution in [-0.4, -0.2) is 13.4 Å². The van der Waals surface area contributed by atoms with E-state index in [-0.39, 0.29) is 5.69 Å². The molecule has 1 aromatic carbocycles. The molecule has 1 aromatic heterocycles. The van der Waals surface area contributed by atoms with Crippen molar-refractivity contribution >= 4 is 15.7 Å². The molecule has 2 aromatic rings. The van der Waals surface area contributed by atoms with E-state index in [1.54, 1.807) is 6.92 Å². The Balaban J connectivity index is 2.37. The molecule has 100 valence electrons. The minimum absolute atomic E-state index is 0.00755. The lowest BCUT2D eigenvalue weighted by atomic mass is 10.2.